The van der Waals surface area contributed by atoms with E-state index in [-0.39, 0.29) is 16.9 Å². The Morgan fingerprint density at radius 1 is 1.38 bits per heavy atom. The van der Waals surface area contributed by atoms with E-state index in [1.807, 2.05) is 0 Å². The van der Waals surface area contributed by atoms with Crippen molar-refractivity contribution in [1.29, 1.82) is 0 Å². The van der Waals surface area contributed by atoms with Gasteiger partial charge in [0.05, 0.1) is 23.2 Å². The molecule has 3 rings (SSSR count). The highest BCUT2D eigenvalue weighted by Crippen LogP contribution is 2.34. The lowest BCUT2D eigenvalue weighted by Crippen LogP contribution is -2.60. The quantitative estimate of drug-likeness (QED) is 0.606. The van der Waals surface area contributed by atoms with Crippen LogP contribution in [0.2, 0.25) is 0 Å². The lowest BCUT2D eigenvalue weighted by atomic mass is 9.95. The molecule has 0 N–H and O–H groups in total. The molecule has 1 aromatic rings. The second-order valence-electron chi connectivity index (χ2n) is 7.16. The summed E-state index contributed by atoms with van der Waals surface area (Å²) in [6.07, 6.45) is 0.915. The topological polar surface area (TPSA) is 74.1 Å². The smallest absolute Gasteiger partial charge is 0.273 e. The van der Waals surface area contributed by atoms with Gasteiger partial charge in [-0.2, -0.15) is 0 Å². The predicted octanol–water partition coefficient (Wildman–Crippen LogP) is 2.24. The van der Waals surface area contributed by atoms with E-state index in [9.17, 15) is 10.1 Å². The summed E-state index contributed by atoms with van der Waals surface area (Å²) in [7, 11) is 0. The van der Waals surface area contributed by atoms with Gasteiger partial charge in [-0.1, -0.05) is 6.07 Å². The summed E-state index contributed by atoms with van der Waals surface area (Å²) < 4.78 is 17.5. The standard InChI is InChI=1S/C17H24N2O5/c1-16(2)11-18(12-17(24-16)6-8-22-13-17)7-9-23-15-5-3-4-14(10-15)19(20)21/h3-5,10H,6-9,11-13H2,1-2H3. The van der Waals surface area contributed by atoms with Crippen molar-refractivity contribution < 1.29 is 19.1 Å². The normalized spacial score (nSPS) is 26.6. The molecule has 2 aliphatic heterocycles. The van der Waals surface area contributed by atoms with Crippen molar-refractivity contribution in [2.24, 2.45) is 0 Å². The molecule has 2 heterocycles. The number of hydrogen-bond acceptors (Lipinski definition) is 6. The van der Waals surface area contributed by atoms with Gasteiger partial charge in [-0.15, -0.1) is 0 Å². The number of nitro groups is 1. The molecule has 0 aliphatic carbocycles. The fraction of sp³-hybridized carbons (Fsp3) is 0.647. The molecule has 7 nitrogen and oxygen atoms in total. The molecule has 0 amide bonds. The maximum Gasteiger partial charge on any atom is 0.273 e. The Bertz CT molecular complexity index is 598. The van der Waals surface area contributed by atoms with E-state index in [0.29, 0.717) is 19.0 Å². The average Bonchev–Trinajstić information content (AvgIpc) is 2.93. The largest absolute Gasteiger partial charge is 0.492 e. The van der Waals surface area contributed by atoms with Gasteiger partial charge in [0, 0.05) is 38.7 Å². The van der Waals surface area contributed by atoms with Crippen molar-refractivity contribution in [1.82, 2.24) is 4.90 Å². The first-order valence-electron chi connectivity index (χ1n) is 8.25. The first-order chi connectivity index (χ1) is 11.4. The van der Waals surface area contributed by atoms with Gasteiger partial charge in [-0.3, -0.25) is 15.0 Å². The summed E-state index contributed by atoms with van der Waals surface area (Å²) in [5, 5.41) is 10.8. The maximum absolute atomic E-state index is 10.8. The van der Waals surface area contributed by atoms with E-state index >= 15 is 0 Å². The highest BCUT2D eigenvalue weighted by atomic mass is 16.6. The van der Waals surface area contributed by atoms with E-state index in [0.717, 1.165) is 32.7 Å². The summed E-state index contributed by atoms with van der Waals surface area (Å²) in [6.45, 7) is 8.46. The van der Waals surface area contributed by atoms with Crippen LogP contribution in [0.15, 0.2) is 24.3 Å². The molecule has 1 aromatic carbocycles. The number of benzene rings is 1. The van der Waals surface area contributed by atoms with Crippen LogP contribution in [-0.2, 0) is 9.47 Å². The van der Waals surface area contributed by atoms with Crippen LogP contribution in [0, 0.1) is 10.1 Å². The Kier molecular flexibility index (Phi) is 4.76. The molecule has 1 spiro atoms. The van der Waals surface area contributed by atoms with E-state index in [1.165, 1.54) is 12.1 Å². The van der Waals surface area contributed by atoms with Crippen LogP contribution in [-0.4, -0.2) is 60.5 Å². The number of nitrogens with zero attached hydrogens (tertiary/aromatic N) is 2. The van der Waals surface area contributed by atoms with Crippen LogP contribution in [0.25, 0.3) is 0 Å². The Morgan fingerprint density at radius 3 is 2.92 bits per heavy atom. The Balaban J connectivity index is 1.56. The molecule has 2 saturated heterocycles. The minimum Gasteiger partial charge on any atom is -0.492 e. The number of ether oxygens (including phenoxy) is 3. The van der Waals surface area contributed by atoms with Crippen LogP contribution < -0.4 is 4.74 Å². The molecule has 1 unspecified atom stereocenters. The Morgan fingerprint density at radius 2 is 2.21 bits per heavy atom. The predicted molar refractivity (Wildman–Crippen MR) is 88.4 cm³/mol. The van der Waals surface area contributed by atoms with Gasteiger partial charge in [-0.05, 0) is 19.9 Å². The fourth-order valence-corrected chi connectivity index (χ4v) is 3.58. The Labute approximate surface area is 141 Å². The van der Waals surface area contributed by atoms with Crippen molar-refractivity contribution >= 4 is 5.69 Å². The Hall–Kier alpha value is -1.70. The number of hydrogen-bond donors (Lipinski definition) is 0. The van der Waals surface area contributed by atoms with E-state index in [2.05, 4.69) is 18.7 Å². The molecular weight excluding hydrogens is 312 g/mol. The van der Waals surface area contributed by atoms with Crippen molar-refractivity contribution in [3.8, 4) is 5.75 Å². The van der Waals surface area contributed by atoms with Gasteiger partial charge in [0.1, 0.15) is 18.0 Å². The van der Waals surface area contributed by atoms with E-state index < -0.39 is 4.92 Å². The van der Waals surface area contributed by atoms with Crippen LogP contribution in [0.3, 0.4) is 0 Å². The van der Waals surface area contributed by atoms with Crippen molar-refractivity contribution in [3.05, 3.63) is 34.4 Å². The van der Waals surface area contributed by atoms with Crippen molar-refractivity contribution in [3.63, 3.8) is 0 Å². The summed E-state index contributed by atoms with van der Waals surface area (Å²) >= 11 is 0. The van der Waals surface area contributed by atoms with E-state index in [4.69, 9.17) is 14.2 Å². The molecule has 0 bridgehead atoms. The van der Waals surface area contributed by atoms with Crippen LogP contribution in [0.5, 0.6) is 5.75 Å². The average molecular weight is 336 g/mol. The van der Waals surface area contributed by atoms with Crippen LogP contribution in [0.1, 0.15) is 20.3 Å². The second-order valence-corrected chi connectivity index (χ2v) is 7.16. The lowest BCUT2D eigenvalue weighted by Gasteiger charge is -2.48. The SMILES string of the molecule is CC1(C)CN(CCOc2cccc([N+](=O)[O-])c2)CC2(CCOC2)O1. The maximum atomic E-state index is 10.8. The van der Waals surface area contributed by atoms with Gasteiger partial charge in [0.2, 0.25) is 0 Å². The highest BCUT2D eigenvalue weighted by Gasteiger charge is 2.46. The number of morpholine rings is 1. The lowest BCUT2D eigenvalue weighted by molar-refractivity contribution is -0.384. The molecule has 2 fully saturated rings. The fourth-order valence-electron chi connectivity index (χ4n) is 3.58. The third-order valence-corrected chi connectivity index (χ3v) is 4.38. The number of nitro benzene ring substituents is 1. The van der Waals surface area contributed by atoms with Gasteiger partial charge < -0.3 is 14.2 Å². The molecule has 1 atom stereocenters. The highest BCUT2D eigenvalue weighted by molar-refractivity contribution is 5.37. The summed E-state index contributed by atoms with van der Waals surface area (Å²) in [4.78, 5) is 12.7. The number of rotatable bonds is 5. The van der Waals surface area contributed by atoms with Gasteiger partial charge in [0.15, 0.2) is 0 Å². The zero-order valence-corrected chi connectivity index (χ0v) is 14.2. The van der Waals surface area contributed by atoms with Gasteiger partial charge in [-0.25, -0.2) is 0 Å². The van der Waals surface area contributed by atoms with Crippen molar-refractivity contribution in [2.75, 3.05) is 39.5 Å². The first kappa shape index (κ1) is 17.1. The molecular formula is C17H24N2O5. The van der Waals surface area contributed by atoms with Crippen LogP contribution in [0.4, 0.5) is 5.69 Å². The third-order valence-electron chi connectivity index (χ3n) is 4.38. The molecule has 2 aliphatic rings. The number of non-ortho nitro benzene ring substituents is 1. The summed E-state index contributed by atoms with van der Waals surface area (Å²) in [5.41, 5.74) is -0.396. The van der Waals surface area contributed by atoms with Gasteiger partial charge in [0.25, 0.3) is 5.69 Å². The summed E-state index contributed by atoms with van der Waals surface area (Å²) in [5.74, 6) is 0.524. The zero-order chi connectivity index (χ0) is 17.2. The third kappa shape index (κ3) is 4.03. The molecule has 0 aromatic heterocycles. The molecule has 132 valence electrons. The zero-order valence-electron chi connectivity index (χ0n) is 14.2. The monoisotopic (exact) mass is 336 g/mol. The first-order valence-corrected chi connectivity index (χ1v) is 8.25. The molecule has 24 heavy (non-hydrogen) atoms. The minimum absolute atomic E-state index is 0.0436. The second kappa shape index (κ2) is 6.66. The molecule has 7 heteroatoms. The van der Waals surface area contributed by atoms with Gasteiger partial charge >= 0.3 is 0 Å². The van der Waals surface area contributed by atoms with Crippen LogP contribution >= 0.6 is 0 Å². The molecule has 0 saturated carbocycles. The molecule has 0 radical (unpaired) electrons. The summed E-state index contributed by atoms with van der Waals surface area (Å²) in [6, 6.07) is 6.29. The minimum atomic E-state index is -0.415. The van der Waals surface area contributed by atoms with E-state index in [1.54, 1.807) is 12.1 Å². The van der Waals surface area contributed by atoms with Crippen molar-refractivity contribution in [2.45, 2.75) is 31.5 Å².